The highest BCUT2D eigenvalue weighted by atomic mass is 16.5. The van der Waals surface area contributed by atoms with Gasteiger partial charge in [0.15, 0.2) is 0 Å². The standard InChI is InChI=1S/C19H24O2/c1-5-11-21-18-13-16(9-8-15(18)6-2)17-10-7-14(3)12-19(17)20-4/h7-10,12-13H,5-6,11H2,1-4H3. The third kappa shape index (κ3) is 3.57. The Morgan fingerprint density at radius 1 is 0.952 bits per heavy atom. The second-order valence-electron chi connectivity index (χ2n) is 5.23. The monoisotopic (exact) mass is 284 g/mol. The molecule has 2 nitrogen and oxygen atoms in total. The van der Waals surface area contributed by atoms with E-state index in [-0.39, 0.29) is 0 Å². The molecule has 2 aromatic carbocycles. The third-order valence-electron chi connectivity index (χ3n) is 3.58. The van der Waals surface area contributed by atoms with Crippen molar-refractivity contribution in [3.63, 3.8) is 0 Å². The molecule has 21 heavy (non-hydrogen) atoms. The van der Waals surface area contributed by atoms with E-state index >= 15 is 0 Å². The van der Waals surface area contributed by atoms with Crippen molar-refractivity contribution in [3.8, 4) is 22.6 Å². The quantitative estimate of drug-likeness (QED) is 0.741. The van der Waals surface area contributed by atoms with Crippen LogP contribution in [0.3, 0.4) is 0 Å². The largest absolute Gasteiger partial charge is 0.496 e. The summed E-state index contributed by atoms with van der Waals surface area (Å²) in [5.74, 6) is 1.89. The van der Waals surface area contributed by atoms with Gasteiger partial charge in [0.25, 0.3) is 0 Å². The molecule has 0 aliphatic heterocycles. The molecule has 0 fully saturated rings. The van der Waals surface area contributed by atoms with Crippen molar-refractivity contribution in [3.05, 3.63) is 47.5 Å². The van der Waals surface area contributed by atoms with E-state index in [1.165, 1.54) is 11.1 Å². The summed E-state index contributed by atoms with van der Waals surface area (Å²) in [6.45, 7) is 7.10. The fourth-order valence-corrected chi connectivity index (χ4v) is 2.40. The molecular formula is C19H24O2. The summed E-state index contributed by atoms with van der Waals surface area (Å²) in [6, 6.07) is 12.7. The Balaban J connectivity index is 2.44. The van der Waals surface area contributed by atoms with Gasteiger partial charge in [0.1, 0.15) is 11.5 Å². The van der Waals surface area contributed by atoms with Gasteiger partial charge in [-0.3, -0.25) is 0 Å². The first-order valence-electron chi connectivity index (χ1n) is 7.60. The van der Waals surface area contributed by atoms with Crippen molar-refractivity contribution in [1.29, 1.82) is 0 Å². The zero-order chi connectivity index (χ0) is 15.2. The third-order valence-corrected chi connectivity index (χ3v) is 3.58. The van der Waals surface area contributed by atoms with E-state index in [1.807, 2.05) is 0 Å². The number of hydrogen-bond acceptors (Lipinski definition) is 2. The Morgan fingerprint density at radius 2 is 1.76 bits per heavy atom. The zero-order valence-electron chi connectivity index (χ0n) is 13.4. The molecule has 2 rings (SSSR count). The smallest absolute Gasteiger partial charge is 0.126 e. The van der Waals surface area contributed by atoms with Crippen LogP contribution in [0.1, 0.15) is 31.4 Å². The molecule has 0 saturated carbocycles. The maximum absolute atomic E-state index is 5.90. The lowest BCUT2D eigenvalue weighted by molar-refractivity contribution is 0.314. The van der Waals surface area contributed by atoms with Crippen molar-refractivity contribution in [1.82, 2.24) is 0 Å². The molecule has 0 bridgehead atoms. The molecule has 0 unspecified atom stereocenters. The van der Waals surface area contributed by atoms with Crippen LogP contribution in [-0.4, -0.2) is 13.7 Å². The van der Waals surface area contributed by atoms with Crippen LogP contribution in [0.2, 0.25) is 0 Å². The Kier molecular flexibility index (Phi) is 5.26. The van der Waals surface area contributed by atoms with E-state index in [2.05, 4.69) is 57.2 Å². The highest BCUT2D eigenvalue weighted by Gasteiger charge is 2.09. The summed E-state index contributed by atoms with van der Waals surface area (Å²) in [7, 11) is 1.72. The summed E-state index contributed by atoms with van der Waals surface area (Å²) in [5, 5.41) is 0. The van der Waals surface area contributed by atoms with Crippen molar-refractivity contribution in [2.75, 3.05) is 13.7 Å². The molecule has 0 N–H and O–H groups in total. The molecule has 112 valence electrons. The van der Waals surface area contributed by atoms with Gasteiger partial charge in [0.2, 0.25) is 0 Å². The van der Waals surface area contributed by atoms with Gasteiger partial charge in [-0.25, -0.2) is 0 Å². The fourth-order valence-electron chi connectivity index (χ4n) is 2.40. The first-order valence-corrected chi connectivity index (χ1v) is 7.60. The number of rotatable bonds is 6. The van der Waals surface area contributed by atoms with Crippen molar-refractivity contribution in [2.24, 2.45) is 0 Å². The predicted molar refractivity (Wildman–Crippen MR) is 88.3 cm³/mol. The molecule has 0 radical (unpaired) electrons. The first kappa shape index (κ1) is 15.4. The fraction of sp³-hybridized carbons (Fsp3) is 0.368. The lowest BCUT2D eigenvalue weighted by Gasteiger charge is -2.14. The van der Waals surface area contributed by atoms with Gasteiger partial charge in [-0.1, -0.05) is 38.1 Å². The van der Waals surface area contributed by atoms with E-state index in [1.54, 1.807) is 7.11 Å². The number of hydrogen-bond donors (Lipinski definition) is 0. The van der Waals surface area contributed by atoms with Gasteiger partial charge in [-0.05, 0) is 48.6 Å². The summed E-state index contributed by atoms with van der Waals surface area (Å²) in [5.41, 5.74) is 4.68. The van der Waals surface area contributed by atoms with E-state index in [9.17, 15) is 0 Å². The number of methoxy groups -OCH3 is 1. The Labute approximate surface area is 127 Å². The summed E-state index contributed by atoms with van der Waals surface area (Å²) in [4.78, 5) is 0. The van der Waals surface area contributed by atoms with E-state index in [0.717, 1.165) is 42.1 Å². The van der Waals surface area contributed by atoms with Gasteiger partial charge in [0.05, 0.1) is 13.7 Å². The molecule has 0 aliphatic carbocycles. The van der Waals surface area contributed by atoms with Crippen LogP contribution in [0.5, 0.6) is 11.5 Å². The van der Waals surface area contributed by atoms with E-state index in [0.29, 0.717) is 0 Å². The van der Waals surface area contributed by atoms with Gasteiger partial charge in [-0.15, -0.1) is 0 Å². The van der Waals surface area contributed by atoms with E-state index in [4.69, 9.17) is 9.47 Å². The molecule has 0 aliphatic rings. The minimum atomic E-state index is 0.751. The lowest BCUT2D eigenvalue weighted by atomic mass is 10.00. The molecule has 2 heteroatoms. The average Bonchev–Trinajstić information content (AvgIpc) is 2.52. The second kappa shape index (κ2) is 7.16. The van der Waals surface area contributed by atoms with Crippen molar-refractivity contribution >= 4 is 0 Å². The lowest BCUT2D eigenvalue weighted by Crippen LogP contribution is -1.99. The molecule has 2 aromatic rings. The minimum absolute atomic E-state index is 0.751. The molecule has 0 amide bonds. The van der Waals surface area contributed by atoms with E-state index < -0.39 is 0 Å². The predicted octanol–water partition coefficient (Wildman–Crippen LogP) is 5.02. The van der Waals surface area contributed by atoms with Crippen molar-refractivity contribution < 1.29 is 9.47 Å². The Bertz CT molecular complexity index is 603. The molecular weight excluding hydrogens is 260 g/mol. The number of aryl methyl sites for hydroxylation is 2. The van der Waals surface area contributed by atoms with Crippen LogP contribution in [0.25, 0.3) is 11.1 Å². The van der Waals surface area contributed by atoms with Gasteiger partial charge in [-0.2, -0.15) is 0 Å². The number of benzene rings is 2. The second-order valence-corrected chi connectivity index (χ2v) is 5.23. The van der Waals surface area contributed by atoms with Gasteiger partial charge in [0, 0.05) is 5.56 Å². The van der Waals surface area contributed by atoms with Crippen molar-refractivity contribution in [2.45, 2.75) is 33.6 Å². The van der Waals surface area contributed by atoms with Crippen LogP contribution < -0.4 is 9.47 Å². The topological polar surface area (TPSA) is 18.5 Å². The normalized spacial score (nSPS) is 10.5. The summed E-state index contributed by atoms with van der Waals surface area (Å²) in [6.07, 6.45) is 1.99. The molecule has 0 aromatic heterocycles. The zero-order valence-corrected chi connectivity index (χ0v) is 13.4. The SMILES string of the molecule is CCCOc1cc(-c2ccc(C)cc2OC)ccc1CC. The molecule has 0 spiro atoms. The first-order chi connectivity index (χ1) is 10.2. The minimum Gasteiger partial charge on any atom is -0.496 e. The van der Waals surface area contributed by atoms with Crippen LogP contribution in [-0.2, 0) is 6.42 Å². The molecule has 0 heterocycles. The highest BCUT2D eigenvalue weighted by molar-refractivity contribution is 5.72. The highest BCUT2D eigenvalue weighted by Crippen LogP contribution is 2.34. The molecule has 0 atom stereocenters. The Hall–Kier alpha value is -1.96. The van der Waals surface area contributed by atoms with Crippen LogP contribution in [0.15, 0.2) is 36.4 Å². The van der Waals surface area contributed by atoms with Crippen LogP contribution in [0.4, 0.5) is 0 Å². The van der Waals surface area contributed by atoms with Crippen LogP contribution >= 0.6 is 0 Å². The maximum Gasteiger partial charge on any atom is 0.126 e. The summed E-state index contributed by atoms with van der Waals surface area (Å²) >= 11 is 0. The van der Waals surface area contributed by atoms with Gasteiger partial charge < -0.3 is 9.47 Å². The maximum atomic E-state index is 5.90. The van der Waals surface area contributed by atoms with Gasteiger partial charge >= 0.3 is 0 Å². The molecule has 0 saturated heterocycles. The van der Waals surface area contributed by atoms with Crippen LogP contribution in [0, 0.1) is 6.92 Å². The Morgan fingerprint density at radius 3 is 2.43 bits per heavy atom. The average molecular weight is 284 g/mol. The summed E-state index contributed by atoms with van der Waals surface area (Å²) < 4.78 is 11.4. The number of ether oxygens (including phenoxy) is 2.